The molecule has 4 heteroatoms. The Hall–Kier alpha value is -1.03. The third-order valence-corrected chi connectivity index (χ3v) is 2.30. The van der Waals surface area contributed by atoms with Crippen molar-refractivity contribution in [2.75, 3.05) is 7.11 Å². The van der Waals surface area contributed by atoms with Crippen LogP contribution in [0.25, 0.3) is 0 Å². The van der Waals surface area contributed by atoms with Crippen molar-refractivity contribution in [3.05, 3.63) is 22.7 Å². The average Bonchev–Trinajstić information content (AvgIpc) is 2.21. The van der Waals surface area contributed by atoms with E-state index in [4.69, 9.17) is 9.47 Å². The lowest BCUT2D eigenvalue weighted by Crippen LogP contribution is -2.12. The lowest BCUT2D eigenvalue weighted by atomic mass is 10.3. The summed E-state index contributed by atoms with van der Waals surface area (Å²) in [4.78, 5) is 10.4. The molecule has 0 aromatic heterocycles. The number of benzene rings is 1. The highest BCUT2D eigenvalue weighted by Crippen LogP contribution is 2.29. The topological polar surface area (TPSA) is 35.5 Å². The van der Waals surface area contributed by atoms with Crippen molar-refractivity contribution in [1.29, 1.82) is 0 Å². The van der Waals surface area contributed by atoms with E-state index < -0.39 is 6.10 Å². The molecule has 0 fully saturated rings. The van der Waals surface area contributed by atoms with E-state index in [2.05, 4.69) is 15.9 Å². The van der Waals surface area contributed by atoms with Gasteiger partial charge in [-0.05, 0) is 35.0 Å². The van der Waals surface area contributed by atoms with Gasteiger partial charge in [-0.2, -0.15) is 0 Å². The monoisotopic (exact) mass is 258 g/mol. The van der Waals surface area contributed by atoms with Gasteiger partial charge in [-0.25, -0.2) is 0 Å². The van der Waals surface area contributed by atoms with Crippen LogP contribution in [-0.4, -0.2) is 19.5 Å². The van der Waals surface area contributed by atoms with Crippen molar-refractivity contribution in [3.8, 4) is 11.5 Å². The fourth-order valence-corrected chi connectivity index (χ4v) is 1.27. The number of hydrogen-bond acceptors (Lipinski definition) is 3. The Morgan fingerprint density at radius 1 is 1.50 bits per heavy atom. The smallest absolute Gasteiger partial charge is 0.160 e. The minimum atomic E-state index is -0.460. The molecule has 1 unspecified atom stereocenters. The number of methoxy groups -OCH3 is 1. The summed E-state index contributed by atoms with van der Waals surface area (Å²) >= 11 is 3.32. The van der Waals surface area contributed by atoms with E-state index in [1.54, 1.807) is 20.1 Å². The highest BCUT2D eigenvalue weighted by Gasteiger charge is 2.06. The third-order valence-electron chi connectivity index (χ3n) is 1.64. The molecule has 76 valence electrons. The van der Waals surface area contributed by atoms with Gasteiger partial charge in [-0.15, -0.1) is 0 Å². The highest BCUT2D eigenvalue weighted by atomic mass is 79.9. The molecule has 0 aliphatic carbocycles. The molecule has 0 heterocycles. The maximum absolute atomic E-state index is 10.4. The number of rotatable bonds is 4. The molecule has 0 saturated heterocycles. The number of carbonyl (C=O) groups excluding carboxylic acids is 1. The van der Waals surface area contributed by atoms with Gasteiger partial charge in [0.1, 0.15) is 11.5 Å². The fourth-order valence-electron chi connectivity index (χ4n) is 0.929. The van der Waals surface area contributed by atoms with E-state index in [9.17, 15) is 4.79 Å². The summed E-state index contributed by atoms with van der Waals surface area (Å²) in [6.07, 6.45) is 0.282. The van der Waals surface area contributed by atoms with Crippen LogP contribution in [0, 0.1) is 0 Å². The third kappa shape index (κ3) is 2.73. The van der Waals surface area contributed by atoms with E-state index in [-0.39, 0.29) is 0 Å². The number of hydrogen-bond donors (Lipinski definition) is 0. The van der Waals surface area contributed by atoms with Crippen LogP contribution in [-0.2, 0) is 4.79 Å². The average molecular weight is 259 g/mol. The Morgan fingerprint density at radius 2 is 2.21 bits per heavy atom. The molecular weight excluding hydrogens is 248 g/mol. The van der Waals surface area contributed by atoms with Crippen molar-refractivity contribution in [1.82, 2.24) is 0 Å². The fraction of sp³-hybridized carbons (Fsp3) is 0.300. The van der Waals surface area contributed by atoms with E-state index in [1.165, 1.54) is 0 Å². The van der Waals surface area contributed by atoms with Gasteiger partial charge in [0.2, 0.25) is 0 Å². The van der Waals surface area contributed by atoms with Gasteiger partial charge in [-0.1, -0.05) is 0 Å². The van der Waals surface area contributed by atoms with E-state index in [0.717, 1.165) is 10.8 Å². The minimum Gasteiger partial charge on any atom is -0.497 e. The first-order valence-electron chi connectivity index (χ1n) is 4.13. The van der Waals surface area contributed by atoms with Crippen LogP contribution in [0.2, 0.25) is 0 Å². The molecular formula is C10H11BrO3. The Morgan fingerprint density at radius 3 is 2.79 bits per heavy atom. The Kier molecular flexibility index (Phi) is 3.95. The second kappa shape index (κ2) is 5.00. The van der Waals surface area contributed by atoms with Gasteiger partial charge in [0.05, 0.1) is 11.6 Å². The predicted octanol–water partition coefficient (Wildman–Crippen LogP) is 2.42. The summed E-state index contributed by atoms with van der Waals surface area (Å²) in [5, 5.41) is 0. The maximum Gasteiger partial charge on any atom is 0.160 e. The van der Waals surface area contributed by atoms with Gasteiger partial charge in [0.25, 0.3) is 0 Å². The van der Waals surface area contributed by atoms with Gasteiger partial charge in [0, 0.05) is 6.07 Å². The van der Waals surface area contributed by atoms with Crippen LogP contribution < -0.4 is 9.47 Å². The van der Waals surface area contributed by atoms with Crippen LogP contribution in [0.4, 0.5) is 0 Å². The van der Waals surface area contributed by atoms with Crippen molar-refractivity contribution in [2.45, 2.75) is 13.0 Å². The quantitative estimate of drug-likeness (QED) is 0.779. The molecule has 1 aromatic carbocycles. The van der Waals surface area contributed by atoms with Gasteiger partial charge in [0.15, 0.2) is 12.4 Å². The zero-order chi connectivity index (χ0) is 10.6. The van der Waals surface area contributed by atoms with E-state index in [0.29, 0.717) is 11.5 Å². The van der Waals surface area contributed by atoms with Gasteiger partial charge >= 0.3 is 0 Å². The summed E-state index contributed by atoms with van der Waals surface area (Å²) in [5.41, 5.74) is 0. The Bertz CT molecular complexity index is 325. The molecule has 1 rings (SSSR count). The molecule has 0 radical (unpaired) electrons. The first-order chi connectivity index (χ1) is 6.67. The van der Waals surface area contributed by atoms with Gasteiger partial charge in [-0.3, -0.25) is 4.79 Å². The Labute approximate surface area is 91.1 Å². The zero-order valence-electron chi connectivity index (χ0n) is 7.99. The SMILES string of the molecule is COc1ccc(Br)c(OC(C)C=O)c1. The number of aldehydes is 1. The first kappa shape index (κ1) is 11.0. The number of halogens is 1. The first-order valence-corrected chi connectivity index (χ1v) is 4.92. The van der Waals surface area contributed by atoms with E-state index in [1.807, 2.05) is 12.1 Å². The zero-order valence-corrected chi connectivity index (χ0v) is 9.58. The highest BCUT2D eigenvalue weighted by molar-refractivity contribution is 9.10. The summed E-state index contributed by atoms with van der Waals surface area (Å²) in [6.45, 7) is 1.68. The van der Waals surface area contributed by atoms with Crippen molar-refractivity contribution >= 4 is 22.2 Å². The van der Waals surface area contributed by atoms with Crippen LogP contribution in [0.5, 0.6) is 11.5 Å². The summed E-state index contributed by atoms with van der Waals surface area (Å²) in [5.74, 6) is 1.30. The molecule has 1 atom stereocenters. The lowest BCUT2D eigenvalue weighted by molar-refractivity contribution is -0.113. The lowest BCUT2D eigenvalue weighted by Gasteiger charge is -2.11. The second-order valence-electron chi connectivity index (χ2n) is 2.76. The van der Waals surface area contributed by atoms with Crippen LogP contribution in [0.15, 0.2) is 22.7 Å². The number of carbonyl (C=O) groups is 1. The maximum atomic E-state index is 10.4. The summed E-state index contributed by atoms with van der Waals surface area (Å²) in [7, 11) is 1.58. The molecule has 3 nitrogen and oxygen atoms in total. The molecule has 1 aromatic rings. The van der Waals surface area contributed by atoms with E-state index >= 15 is 0 Å². The second-order valence-corrected chi connectivity index (χ2v) is 3.61. The van der Waals surface area contributed by atoms with Gasteiger partial charge < -0.3 is 9.47 Å². The molecule has 0 bridgehead atoms. The molecule has 0 amide bonds. The predicted molar refractivity (Wildman–Crippen MR) is 56.8 cm³/mol. The summed E-state index contributed by atoms with van der Waals surface area (Å²) in [6, 6.07) is 5.35. The largest absolute Gasteiger partial charge is 0.497 e. The molecule has 0 aliphatic heterocycles. The van der Waals surface area contributed by atoms with Crippen molar-refractivity contribution in [2.24, 2.45) is 0 Å². The minimum absolute atomic E-state index is 0.460. The standard InChI is InChI=1S/C10H11BrO3/c1-7(6-12)14-10-5-8(13-2)3-4-9(10)11/h3-7H,1-2H3. The van der Waals surface area contributed by atoms with Crippen LogP contribution in [0.3, 0.4) is 0 Å². The normalized spacial score (nSPS) is 11.9. The number of ether oxygens (including phenoxy) is 2. The summed E-state index contributed by atoms with van der Waals surface area (Å²) < 4.78 is 11.2. The molecule has 0 aliphatic rings. The van der Waals surface area contributed by atoms with Crippen molar-refractivity contribution in [3.63, 3.8) is 0 Å². The molecule has 0 N–H and O–H groups in total. The molecule has 0 spiro atoms. The van der Waals surface area contributed by atoms with Crippen LogP contribution in [0.1, 0.15) is 6.92 Å². The van der Waals surface area contributed by atoms with Crippen molar-refractivity contribution < 1.29 is 14.3 Å². The molecule has 14 heavy (non-hydrogen) atoms. The van der Waals surface area contributed by atoms with Crippen LogP contribution >= 0.6 is 15.9 Å². The molecule has 0 saturated carbocycles. The Balaban J connectivity index is 2.88.